The molecule has 0 radical (unpaired) electrons. The van der Waals surface area contributed by atoms with Gasteiger partial charge in [-0.25, -0.2) is 9.82 Å². The maximum atomic E-state index is 12.8. The molecule has 130 valence electrons. The van der Waals surface area contributed by atoms with Crippen molar-refractivity contribution in [2.75, 3.05) is 18.0 Å². The van der Waals surface area contributed by atoms with Crippen molar-refractivity contribution in [3.05, 3.63) is 65.5 Å². The Bertz CT molecular complexity index is 720. The van der Waals surface area contributed by atoms with Gasteiger partial charge in [0.15, 0.2) is 0 Å². The maximum Gasteiger partial charge on any atom is 0.244 e. The van der Waals surface area contributed by atoms with Gasteiger partial charge in [0.25, 0.3) is 0 Å². The summed E-state index contributed by atoms with van der Waals surface area (Å²) in [6, 6.07) is 14.1. The van der Waals surface area contributed by atoms with Crippen LogP contribution in [0.2, 0.25) is 0 Å². The fraction of sp³-hybridized carbons (Fsp3) is 0.300. The van der Waals surface area contributed by atoms with Crippen LogP contribution in [0.1, 0.15) is 30.4 Å². The molecule has 0 unspecified atom stereocenters. The number of carbonyl (C=O) groups is 1. The van der Waals surface area contributed by atoms with Crippen LogP contribution < -0.4 is 10.3 Å². The quantitative estimate of drug-likeness (QED) is 0.669. The molecule has 0 aromatic heterocycles. The normalized spacial score (nSPS) is 14.7. The lowest BCUT2D eigenvalue weighted by molar-refractivity contribution is -0.120. The smallest absolute Gasteiger partial charge is 0.244 e. The number of nitrogens with zero attached hydrogens (tertiary/aromatic N) is 2. The van der Waals surface area contributed by atoms with E-state index in [2.05, 4.69) is 27.6 Å². The molecule has 1 N–H and O–H groups in total. The summed E-state index contributed by atoms with van der Waals surface area (Å²) in [5.41, 5.74) is 5.42. The van der Waals surface area contributed by atoms with Crippen LogP contribution in [-0.4, -0.2) is 25.2 Å². The molecule has 25 heavy (non-hydrogen) atoms. The molecule has 0 bridgehead atoms. The lowest BCUT2D eigenvalue weighted by Gasteiger charge is -2.28. The Balaban J connectivity index is 1.49. The van der Waals surface area contributed by atoms with E-state index in [0.29, 0.717) is 0 Å². The van der Waals surface area contributed by atoms with Gasteiger partial charge in [-0.05, 0) is 54.7 Å². The average Bonchev–Trinajstić information content (AvgIpc) is 2.65. The van der Waals surface area contributed by atoms with E-state index in [-0.39, 0.29) is 18.1 Å². The summed E-state index contributed by atoms with van der Waals surface area (Å²) in [6.45, 7) is 2.24. The largest absolute Gasteiger partial charge is 0.372 e. The lowest BCUT2D eigenvalue weighted by Crippen LogP contribution is -2.29. The Morgan fingerprint density at radius 1 is 1.04 bits per heavy atom. The van der Waals surface area contributed by atoms with Crippen LogP contribution in [0.3, 0.4) is 0 Å². The number of hydrazone groups is 1. The Kier molecular flexibility index (Phi) is 5.77. The molecule has 0 atom stereocenters. The third kappa shape index (κ3) is 5.14. The van der Waals surface area contributed by atoms with E-state index in [1.165, 1.54) is 37.1 Å². The molecule has 1 fully saturated rings. The van der Waals surface area contributed by atoms with Crippen molar-refractivity contribution >= 4 is 17.8 Å². The number of nitrogens with one attached hydrogen (secondary N) is 1. The Hall–Kier alpha value is -2.69. The highest BCUT2D eigenvalue weighted by atomic mass is 19.1. The van der Waals surface area contributed by atoms with Crippen molar-refractivity contribution in [1.82, 2.24) is 5.43 Å². The van der Waals surface area contributed by atoms with Gasteiger partial charge in [-0.1, -0.05) is 24.3 Å². The number of carbonyl (C=O) groups excluding carboxylic acids is 1. The molecule has 2 aromatic rings. The highest BCUT2D eigenvalue weighted by molar-refractivity contribution is 5.83. The van der Waals surface area contributed by atoms with Gasteiger partial charge in [0.05, 0.1) is 12.6 Å². The van der Waals surface area contributed by atoms with Gasteiger partial charge >= 0.3 is 0 Å². The molecule has 5 heteroatoms. The SMILES string of the molecule is O=C(Cc1ccc(F)cc1)N/N=C\c1ccc(N2CCCCC2)cc1. The van der Waals surface area contributed by atoms with E-state index in [1.54, 1.807) is 18.3 Å². The zero-order valence-electron chi connectivity index (χ0n) is 14.1. The van der Waals surface area contributed by atoms with Crippen molar-refractivity contribution in [1.29, 1.82) is 0 Å². The van der Waals surface area contributed by atoms with Crippen LogP contribution in [-0.2, 0) is 11.2 Å². The number of hydrogen-bond donors (Lipinski definition) is 1. The standard InChI is InChI=1S/C20H22FN3O/c21-18-8-4-16(5-9-18)14-20(25)23-22-15-17-6-10-19(11-7-17)24-12-2-1-3-13-24/h4-11,15H,1-3,12-14H2,(H,23,25)/b22-15-. The van der Waals surface area contributed by atoms with Gasteiger partial charge in [0, 0.05) is 18.8 Å². The summed E-state index contributed by atoms with van der Waals surface area (Å²) in [7, 11) is 0. The van der Waals surface area contributed by atoms with Crippen LogP contribution >= 0.6 is 0 Å². The van der Waals surface area contributed by atoms with Gasteiger partial charge in [0.2, 0.25) is 5.91 Å². The first-order valence-corrected chi connectivity index (χ1v) is 8.62. The zero-order chi connectivity index (χ0) is 17.5. The van der Waals surface area contributed by atoms with Crippen LogP contribution in [0.15, 0.2) is 53.6 Å². The first-order chi connectivity index (χ1) is 12.2. The fourth-order valence-electron chi connectivity index (χ4n) is 2.93. The molecule has 0 aliphatic carbocycles. The van der Waals surface area contributed by atoms with E-state index >= 15 is 0 Å². The molecule has 1 aliphatic rings. The minimum absolute atomic E-state index is 0.172. The first-order valence-electron chi connectivity index (χ1n) is 8.62. The van der Waals surface area contributed by atoms with E-state index < -0.39 is 0 Å². The molecule has 1 aliphatic heterocycles. The molecular weight excluding hydrogens is 317 g/mol. The average molecular weight is 339 g/mol. The number of anilines is 1. The van der Waals surface area contributed by atoms with Crippen molar-refractivity contribution in [3.8, 4) is 0 Å². The van der Waals surface area contributed by atoms with Crippen molar-refractivity contribution < 1.29 is 9.18 Å². The first kappa shape index (κ1) is 17.1. The Labute approximate surface area is 147 Å². The number of piperidine rings is 1. The van der Waals surface area contributed by atoms with E-state index in [0.717, 1.165) is 24.2 Å². The van der Waals surface area contributed by atoms with Gasteiger partial charge in [-0.2, -0.15) is 5.10 Å². The number of benzene rings is 2. The second-order valence-corrected chi connectivity index (χ2v) is 6.24. The van der Waals surface area contributed by atoms with Crippen LogP contribution in [0, 0.1) is 5.82 Å². The summed E-state index contributed by atoms with van der Waals surface area (Å²) < 4.78 is 12.8. The summed E-state index contributed by atoms with van der Waals surface area (Å²) in [6.07, 6.45) is 5.62. The molecule has 1 saturated heterocycles. The van der Waals surface area contributed by atoms with Crippen LogP contribution in [0.4, 0.5) is 10.1 Å². The van der Waals surface area contributed by atoms with Gasteiger partial charge in [-0.3, -0.25) is 4.79 Å². The monoisotopic (exact) mass is 339 g/mol. The molecule has 4 nitrogen and oxygen atoms in total. The van der Waals surface area contributed by atoms with Gasteiger partial charge in [0.1, 0.15) is 5.82 Å². The highest BCUT2D eigenvalue weighted by Gasteiger charge is 2.10. The minimum Gasteiger partial charge on any atom is -0.372 e. The number of rotatable bonds is 5. The predicted octanol–water partition coefficient (Wildman–Crippen LogP) is 3.51. The topological polar surface area (TPSA) is 44.7 Å². The molecule has 0 spiro atoms. The number of halogens is 1. The number of hydrogen-bond acceptors (Lipinski definition) is 3. The summed E-state index contributed by atoms with van der Waals surface area (Å²) in [5.74, 6) is -0.539. The minimum atomic E-state index is -0.310. The number of amides is 1. The molecule has 0 saturated carbocycles. The molecule has 2 aromatic carbocycles. The van der Waals surface area contributed by atoms with Crippen molar-refractivity contribution in [2.45, 2.75) is 25.7 Å². The fourth-order valence-corrected chi connectivity index (χ4v) is 2.93. The lowest BCUT2D eigenvalue weighted by atomic mass is 10.1. The van der Waals surface area contributed by atoms with Gasteiger partial charge < -0.3 is 4.90 Å². The summed E-state index contributed by atoms with van der Waals surface area (Å²) in [4.78, 5) is 14.2. The molecule has 1 amide bonds. The zero-order valence-corrected chi connectivity index (χ0v) is 14.1. The molecule has 3 rings (SSSR count). The van der Waals surface area contributed by atoms with Crippen molar-refractivity contribution in [3.63, 3.8) is 0 Å². The molecular formula is C20H22FN3O. The van der Waals surface area contributed by atoms with E-state index in [1.807, 2.05) is 12.1 Å². The predicted molar refractivity (Wildman–Crippen MR) is 98.3 cm³/mol. The second kappa shape index (κ2) is 8.42. The van der Waals surface area contributed by atoms with E-state index in [9.17, 15) is 9.18 Å². The van der Waals surface area contributed by atoms with Crippen LogP contribution in [0.25, 0.3) is 0 Å². The molecule has 1 heterocycles. The highest BCUT2D eigenvalue weighted by Crippen LogP contribution is 2.19. The Morgan fingerprint density at radius 3 is 2.40 bits per heavy atom. The van der Waals surface area contributed by atoms with Gasteiger partial charge in [-0.15, -0.1) is 0 Å². The van der Waals surface area contributed by atoms with Crippen LogP contribution in [0.5, 0.6) is 0 Å². The van der Waals surface area contributed by atoms with Crippen molar-refractivity contribution in [2.24, 2.45) is 5.10 Å². The maximum absolute atomic E-state index is 12.8. The summed E-state index contributed by atoms with van der Waals surface area (Å²) in [5, 5.41) is 3.99. The Morgan fingerprint density at radius 2 is 1.72 bits per heavy atom. The third-order valence-electron chi connectivity index (χ3n) is 4.30. The summed E-state index contributed by atoms with van der Waals surface area (Å²) >= 11 is 0. The second-order valence-electron chi connectivity index (χ2n) is 6.24. The third-order valence-corrected chi connectivity index (χ3v) is 4.30. The van der Waals surface area contributed by atoms with E-state index in [4.69, 9.17) is 0 Å².